The molecule has 2 aromatic heterocycles. The Bertz CT molecular complexity index is 783. The molecule has 0 amide bonds. The quantitative estimate of drug-likeness (QED) is 0.511. The van der Waals surface area contributed by atoms with Gasteiger partial charge in [0.25, 0.3) is 0 Å². The monoisotopic (exact) mass is 302 g/mol. The van der Waals surface area contributed by atoms with E-state index in [1.54, 1.807) is 24.3 Å². The molecule has 20 heavy (non-hydrogen) atoms. The van der Waals surface area contributed by atoms with Gasteiger partial charge in [-0.1, -0.05) is 17.7 Å². The van der Waals surface area contributed by atoms with Crippen molar-refractivity contribution in [1.82, 2.24) is 5.27 Å². The topological polar surface area (TPSA) is 53.0 Å². The van der Waals surface area contributed by atoms with E-state index in [2.05, 4.69) is 21.6 Å². The van der Waals surface area contributed by atoms with Gasteiger partial charge < -0.3 is 9.63 Å². The van der Waals surface area contributed by atoms with Gasteiger partial charge in [0.2, 0.25) is 5.69 Å². The van der Waals surface area contributed by atoms with Crippen LogP contribution in [0.5, 0.6) is 5.95 Å². The third kappa shape index (κ3) is 2.52. The van der Waals surface area contributed by atoms with E-state index >= 15 is 0 Å². The maximum absolute atomic E-state index is 11.7. The van der Waals surface area contributed by atoms with Gasteiger partial charge >= 0.3 is 5.69 Å². The van der Waals surface area contributed by atoms with Gasteiger partial charge in [-0.15, -0.1) is 11.3 Å². The fraction of sp³-hybridized carbons (Fsp3) is 0. The fourth-order valence-corrected chi connectivity index (χ4v) is 2.28. The average Bonchev–Trinajstić information content (AvgIpc) is 3.07. The molecule has 0 atom stereocenters. The molecule has 0 aliphatic carbocycles. The lowest BCUT2D eigenvalue weighted by atomic mass is 10.3. The first-order valence-electron chi connectivity index (χ1n) is 5.64. The van der Waals surface area contributed by atoms with Crippen molar-refractivity contribution < 1.29 is 14.3 Å². The number of thiophene rings is 1. The van der Waals surface area contributed by atoms with Crippen LogP contribution < -0.4 is 9.79 Å². The molecule has 0 saturated carbocycles. The lowest BCUT2D eigenvalue weighted by Gasteiger charge is -1.91. The van der Waals surface area contributed by atoms with E-state index in [0.717, 1.165) is 4.88 Å². The van der Waals surface area contributed by atoms with Crippen LogP contribution in [0.4, 0.5) is 0 Å². The third-order valence-electron chi connectivity index (χ3n) is 2.51. The van der Waals surface area contributed by atoms with Crippen LogP contribution >= 0.6 is 22.9 Å². The molecule has 3 rings (SSSR count). The standard InChI is InChI=1S/C14H7ClN2O2S/c15-10-3-5-11(6-4-10)17-13(14(18)19-16-17)8-7-12-2-1-9-20-12/h1-6,9H. The maximum Gasteiger partial charge on any atom is 0.314 e. The van der Waals surface area contributed by atoms with Gasteiger partial charge in [0.1, 0.15) is 0 Å². The molecular formula is C14H7ClN2O2S. The van der Waals surface area contributed by atoms with E-state index in [9.17, 15) is 5.11 Å². The summed E-state index contributed by atoms with van der Waals surface area (Å²) in [6, 6.07) is 10.7. The molecule has 0 N–H and O–H groups in total. The van der Waals surface area contributed by atoms with Crippen molar-refractivity contribution in [2.24, 2.45) is 0 Å². The van der Waals surface area contributed by atoms with E-state index in [1.165, 1.54) is 16.0 Å². The molecule has 6 heteroatoms. The molecular weight excluding hydrogens is 296 g/mol. The molecule has 0 aliphatic rings. The second-order valence-corrected chi connectivity index (χ2v) is 5.21. The molecule has 0 saturated heterocycles. The zero-order valence-electron chi connectivity index (χ0n) is 10.0. The summed E-state index contributed by atoms with van der Waals surface area (Å²) in [5, 5.41) is 17.9. The van der Waals surface area contributed by atoms with E-state index in [1.807, 2.05) is 17.5 Å². The Morgan fingerprint density at radius 3 is 2.70 bits per heavy atom. The Morgan fingerprint density at radius 2 is 2.00 bits per heavy atom. The first-order chi connectivity index (χ1) is 9.74. The van der Waals surface area contributed by atoms with Crippen LogP contribution in [0.1, 0.15) is 10.6 Å². The Balaban J connectivity index is 2.03. The summed E-state index contributed by atoms with van der Waals surface area (Å²) in [7, 11) is 0. The first-order valence-corrected chi connectivity index (χ1v) is 6.90. The Hall–Kier alpha value is -2.29. The molecule has 1 aromatic carbocycles. The Labute approximate surface area is 123 Å². The van der Waals surface area contributed by atoms with E-state index < -0.39 is 5.95 Å². The van der Waals surface area contributed by atoms with Crippen LogP contribution in [-0.4, -0.2) is 5.27 Å². The zero-order chi connectivity index (χ0) is 13.9. The summed E-state index contributed by atoms with van der Waals surface area (Å²) in [4.78, 5) is 0.869. The molecule has 0 bridgehead atoms. The fourth-order valence-electron chi connectivity index (χ4n) is 1.58. The van der Waals surface area contributed by atoms with Gasteiger partial charge in [0.15, 0.2) is 5.95 Å². The lowest BCUT2D eigenvalue weighted by molar-refractivity contribution is -0.672. The molecule has 0 fully saturated rings. The number of nitrogens with zero attached hydrogens (tertiary/aromatic N) is 2. The second-order valence-electron chi connectivity index (χ2n) is 3.82. The number of rotatable bonds is 1. The van der Waals surface area contributed by atoms with Gasteiger partial charge in [0, 0.05) is 23.1 Å². The van der Waals surface area contributed by atoms with Gasteiger partial charge in [-0.3, -0.25) is 0 Å². The molecule has 2 heterocycles. The SMILES string of the molecule is [O-]c1on[n+](-c2ccc(Cl)cc2)c1C#Cc1cccs1. The van der Waals surface area contributed by atoms with Crippen molar-refractivity contribution in [3.8, 4) is 23.5 Å². The molecule has 4 nitrogen and oxygen atoms in total. The largest absolute Gasteiger partial charge is 0.538 e. The lowest BCUT2D eigenvalue weighted by Crippen LogP contribution is -2.35. The van der Waals surface area contributed by atoms with E-state index in [-0.39, 0.29) is 5.69 Å². The number of halogens is 1. The van der Waals surface area contributed by atoms with E-state index in [4.69, 9.17) is 11.6 Å². The van der Waals surface area contributed by atoms with E-state index in [0.29, 0.717) is 10.7 Å². The zero-order valence-corrected chi connectivity index (χ0v) is 11.6. The van der Waals surface area contributed by atoms with Gasteiger partial charge in [-0.2, -0.15) is 0 Å². The summed E-state index contributed by atoms with van der Waals surface area (Å²) in [6.45, 7) is 0. The highest BCUT2D eigenvalue weighted by molar-refractivity contribution is 7.10. The maximum atomic E-state index is 11.7. The first kappa shape index (κ1) is 12.7. The minimum atomic E-state index is -0.566. The van der Waals surface area contributed by atoms with Crippen LogP contribution in [0.15, 0.2) is 46.3 Å². The average molecular weight is 303 g/mol. The highest BCUT2D eigenvalue weighted by atomic mass is 35.5. The number of aromatic nitrogens is 2. The summed E-state index contributed by atoms with van der Waals surface area (Å²) >= 11 is 7.33. The number of benzene rings is 1. The van der Waals surface area contributed by atoms with Crippen molar-refractivity contribution in [3.63, 3.8) is 0 Å². The Morgan fingerprint density at radius 1 is 1.20 bits per heavy atom. The number of hydrogen-bond acceptors (Lipinski definition) is 4. The highest BCUT2D eigenvalue weighted by Gasteiger charge is 2.18. The molecule has 98 valence electrons. The highest BCUT2D eigenvalue weighted by Crippen LogP contribution is 2.13. The van der Waals surface area contributed by atoms with Gasteiger partial charge in [-0.05, 0) is 34.2 Å². The molecule has 0 aliphatic heterocycles. The molecule has 0 spiro atoms. The second kappa shape index (κ2) is 5.37. The van der Waals surface area contributed by atoms with Crippen molar-refractivity contribution in [2.45, 2.75) is 0 Å². The Kier molecular flexibility index (Phi) is 3.42. The van der Waals surface area contributed by atoms with Crippen LogP contribution in [0.2, 0.25) is 5.02 Å². The van der Waals surface area contributed by atoms with Crippen LogP contribution in [-0.2, 0) is 0 Å². The molecule has 0 radical (unpaired) electrons. The predicted octanol–water partition coefficient (Wildman–Crippen LogP) is 2.14. The van der Waals surface area contributed by atoms with Crippen molar-refractivity contribution in [3.05, 3.63) is 57.4 Å². The summed E-state index contributed by atoms with van der Waals surface area (Å²) < 4.78 is 6.04. The summed E-state index contributed by atoms with van der Waals surface area (Å²) in [5.41, 5.74) is 0.844. The van der Waals surface area contributed by atoms with Gasteiger partial charge in [0.05, 0.1) is 10.1 Å². The van der Waals surface area contributed by atoms with Crippen LogP contribution in [0, 0.1) is 11.8 Å². The van der Waals surface area contributed by atoms with Crippen molar-refractivity contribution in [1.29, 1.82) is 0 Å². The smallest absolute Gasteiger partial charge is 0.314 e. The minimum absolute atomic E-state index is 0.181. The van der Waals surface area contributed by atoms with Crippen LogP contribution in [0.25, 0.3) is 5.69 Å². The predicted molar refractivity (Wildman–Crippen MR) is 72.8 cm³/mol. The summed E-state index contributed by atoms with van der Waals surface area (Å²) in [5.74, 6) is 5.14. The third-order valence-corrected chi connectivity index (χ3v) is 3.54. The van der Waals surface area contributed by atoms with Crippen LogP contribution in [0.3, 0.4) is 0 Å². The molecule has 0 unspecified atom stereocenters. The summed E-state index contributed by atoms with van der Waals surface area (Å²) in [6.07, 6.45) is 0. The minimum Gasteiger partial charge on any atom is -0.538 e. The normalized spacial score (nSPS) is 10.1. The van der Waals surface area contributed by atoms with Crippen molar-refractivity contribution >= 4 is 22.9 Å². The number of hydrogen-bond donors (Lipinski definition) is 0. The molecule has 3 aromatic rings. The van der Waals surface area contributed by atoms with Gasteiger partial charge in [-0.25, -0.2) is 0 Å². The van der Waals surface area contributed by atoms with Crippen molar-refractivity contribution in [2.75, 3.05) is 0 Å².